The SMILES string of the molecule is CN=C(NC)c1ccc(OC(F)(F)F)cc1. The molecule has 0 aliphatic rings. The van der Waals surface area contributed by atoms with E-state index in [-0.39, 0.29) is 5.75 Å². The Bertz CT molecular complexity index is 371. The fraction of sp³-hybridized carbons (Fsp3) is 0.300. The van der Waals surface area contributed by atoms with Gasteiger partial charge in [0.05, 0.1) is 0 Å². The second kappa shape index (κ2) is 4.87. The Morgan fingerprint density at radius 1 is 1.25 bits per heavy atom. The molecule has 0 aliphatic heterocycles. The largest absolute Gasteiger partial charge is 0.573 e. The van der Waals surface area contributed by atoms with Crippen LogP contribution in [-0.4, -0.2) is 26.3 Å². The van der Waals surface area contributed by atoms with Crippen molar-refractivity contribution in [2.24, 2.45) is 4.99 Å². The van der Waals surface area contributed by atoms with Crippen LogP contribution in [-0.2, 0) is 0 Å². The van der Waals surface area contributed by atoms with E-state index in [0.717, 1.165) is 0 Å². The first kappa shape index (κ1) is 12.4. The van der Waals surface area contributed by atoms with Crippen LogP contribution >= 0.6 is 0 Å². The predicted molar refractivity (Wildman–Crippen MR) is 54.6 cm³/mol. The molecule has 1 aromatic carbocycles. The lowest BCUT2D eigenvalue weighted by Gasteiger charge is -2.09. The average Bonchev–Trinajstić information content (AvgIpc) is 2.20. The van der Waals surface area contributed by atoms with E-state index in [4.69, 9.17) is 0 Å². The lowest BCUT2D eigenvalue weighted by atomic mass is 10.2. The van der Waals surface area contributed by atoms with Gasteiger partial charge in [-0.05, 0) is 24.3 Å². The van der Waals surface area contributed by atoms with Gasteiger partial charge in [0.1, 0.15) is 11.6 Å². The molecule has 1 aromatic rings. The minimum atomic E-state index is -4.66. The molecule has 1 rings (SSSR count). The highest BCUT2D eigenvalue weighted by Gasteiger charge is 2.30. The van der Waals surface area contributed by atoms with E-state index in [1.165, 1.54) is 24.3 Å². The van der Waals surface area contributed by atoms with Crippen molar-refractivity contribution in [1.29, 1.82) is 0 Å². The molecule has 0 radical (unpaired) electrons. The number of benzene rings is 1. The fourth-order valence-corrected chi connectivity index (χ4v) is 1.20. The van der Waals surface area contributed by atoms with Gasteiger partial charge in [-0.3, -0.25) is 4.99 Å². The molecule has 0 bridgehead atoms. The summed E-state index contributed by atoms with van der Waals surface area (Å²) in [5.41, 5.74) is 0.694. The van der Waals surface area contributed by atoms with Crippen molar-refractivity contribution < 1.29 is 17.9 Å². The van der Waals surface area contributed by atoms with Crippen molar-refractivity contribution in [3.8, 4) is 5.75 Å². The van der Waals surface area contributed by atoms with Crippen molar-refractivity contribution >= 4 is 5.84 Å². The van der Waals surface area contributed by atoms with E-state index in [1.807, 2.05) is 0 Å². The summed E-state index contributed by atoms with van der Waals surface area (Å²) < 4.78 is 39.4. The summed E-state index contributed by atoms with van der Waals surface area (Å²) in [6.07, 6.45) is -4.66. The molecule has 0 atom stereocenters. The second-order valence-electron chi connectivity index (χ2n) is 2.89. The third kappa shape index (κ3) is 3.45. The molecular weight excluding hydrogens is 221 g/mol. The van der Waals surface area contributed by atoms with Crippen molar-refractivity contribution in [3.63, 3.8) is 0 Å². The van der Waals surface area contributed by atoms with Crippen molar-refractivity contribution in [3.05, 3.63) is 29.8 Å². The fourth-order valence-electron chi connectivity index (χ4n) is 1.20. The van der Waals surface area contributed by atoms with Crippen LogP contribution in [0.5, 0.6) is 5.75 Å². The summed E-state index contributed by atoms with van der Waals surface area (Å²) in [5, 5.41) is 2.82. The zero-order valence-corrected chi connectivity index (χ0v) is 8.80. The third-order valence-electron chi connectivity index (χ3n) is 1.82. The predicted octanol–water partition coefficient (Wildman–Crippen LogP) is 2.18. The maximum absolute atomic E-state index is 11.9. The highest BCUT2D eigenvalue weighted by molar-refractivity contribution is 5.98. The number of nitrogens with one attached hydrogen (secondary N) is 1. The van der Waals surface area contributed by atoms with Crippen LogP contribution in [0.2, 0.25) is 0 Å². The van der Waals surface area contributed by atoms with Crippen molar-refractivity contribution in [2.75, 3.05) is 14.1 Å². The molecule has 0 spiro atoms. The summed E-state index contributed by atoms with van der Waals surface area (Å²) in [6.45, 7) is 0. The molecular formula is C10H11F3N2O. The Morgan fingerprint density at radius 3 is 2.19 bits per heavy atom. The van der Waals surface area contributed by atoms with Crippen LogP contribution in [0.15, 0.2) is 29.3 Å². The van der Waals surface area contributed by atoms with E-state index in [1.54, 1.807) is 14.1 Å². The Hall–Kier alpha value is -1.72. The lowest BCUT2D eigenvalue weighted by Crippen LogP contribution is -2.20. The van der Waals surface area contributed by atoms with Gasteiger partial charge in [-0.25, -0.2) is 0 Å². The number of hydrogen-bond acceptors (Lipinski definition) is 2. The van der Waals surface area contributed by atoms with Gasteiger partial charge in [-0.2, -0.15) is 0 Å². The number of nitrogens with zero attached hydrogens (tertiary/aromatic N) is 1. The quantitative estimate of drug-likeness (QED) is 0.626. The summed E-state index contributed by atoms with van der Waals surface area (Å²) in [6, 6.07) is 5.48. The first-order valence-corrected chi connectivity index (χ1v) is 4.47. The number of amidine groups is 1. The smallest absolute Gasteiger partial charge is 0.406 e. The molecule has 3 nitrogen and oxygen atoms in total. The molecule has 1 N–H and O–H groups in total. The maximum Gasteiger partial charge on any atom is 0.573 e. The summed E-state index contributed by atoms with van der Waals surface area (Å²) in [7, 11) is 3.27. The van der Waals surface area contributed by atoms with E-state index >= 15 is 0 Å². The number of rotatable bonds is 2. The topological polar surface area (TPSA) is 33.6 Å². The zero-order chi connectivity index (χ0) is 12.2. The summed E-state index contributed by atoms with van der Waals surface area (Å²) >= 11 is 0. The third-order valence-corrected chi connectivity index (χ3v) is 1.82. The van der Waals surface area contributed by atoms with Crippen LogP contribution in [0.3, 0.4) is 0 Å². The molecule has 0 aliphatic carbocycles. The van der Waals surface area contributed by atoms with Crippen molar-refractivity contribution in [1.82, 2.24) is 5.32 Å². The maximum atomic E-state index is 11.9. The van der Waals surface area contributed by atoms with Crippen molar-refractivity contribution in [2.45, 2.75) is 6.36 Å². The van der Waals surface area contributed by atoms with Gasteiger partial charge in [0.25, 0.3) is 0 Å². The molecule has 0 saturated carbocycles. The van der Waals surface area contributed by atoms with Gasteiger partial charge in [0.2, 0.25) is 0 Å². The van der Waals surface area contributed by atoms with E-state index in [0.29, 0.717) is 11.4 Å². The molecule has 0 aromatic heterocycles. The van der Waals surface area contributed by atoms with Crippen LogP contribution in [0.1, 0.15) is 5.56 Å². The number of aliphatic imine (C=N–C) groups is 1. The molecule has 0 unspecified atom stereocenters. The lowest BCUT2D eigenvalue weighted by molar-refractivity contribution is -0.274. The molecule has 16 heavy (non-hydrogen) atoms. The molecule has 88 valence electrons. The van der Waals surface area contributed by atoms with E-state index in [2.05, 4.69) is 15.0 Å². The number of halogens is 3. The normalized spacial score (nSPS) is 12.4. The van der Waals surface area contributed by atoms with Gasteiger partial charge >= 0.3 is 6.36 Å². The molecule has 0 amide bonds. The zero-order valence-electron chi connectivity index (χ0n) is 8.80. The number of ether oxygens (including phenoxy) is 1. The van der Waals surface area contributed by atoms with Crippen LogP contribution in [0.4, 0.5) is 13.2 Å². The second-order valence-corrected chi connectivity index (χ2v) is 2.89. The molecule has 0 heterocycles. The van der Waals surface area contributed by atoms with Crippen LogP contribution in [0.25, 0.3) is 0 Å². The number of hydrogen-bond donors (Lipinski definition) is 1. The van der Waals surface area contributed by atoms with Gasteiger partial charge in [0, 0.05) is 19.7 Å². The van der Waals surface area contributed by atoms with Crippen LogP contribution in [0, 0.1) is 0 Å². The minimum absolute atomic E-state index is 0.247. The summed E-state index contributed by atoms with van der Waals surface area (Å²) in [5.74, 6) is 0.348. The highest BCUT2D eigenvalue weighted by Crippen LogP contribution is 2.22. The van der Waals surface area contributed by atoms with E-state index < -0.39 is 6.36 Å². The van der Waals surface area contributed by atoms with Gasteiger partial charge in [0.15, 0.2) is 0 Å². The van der Waals surface area contributed by atoms with E-state index in [9.17, 15) is 13.2 Å². The Balaban J connectivity index is 2.83. The average molecular weight is 232 g/mol. The van der Waals surface area contributed by atoms with Gasteiger partial charge in [-0.15, -0.1) is 13.2 Å². The molecule has 6 heteroatoms. The van der Waals surface area contributed by atoms with Gasteiger partial charge < -0.3 is 10.1 Å². The highest BCUT2D eigenvalue weighted by atomic mass is 19.4. The monoisotopic (exact) mass is 232 g/mol. The summed E-state index contributed by atoms with van der Waals surface area (Å²) in [4.78, 5) is 3.92. The Morgan fingerprint density at radius 2 is 1.81 bits per heavy atom. The molecule has 0 fully saturated rings. The first-order chi connectivity index (χ1) is 7.46. The number of alkyl halides is 3. The standard InChI is InChI=1S/C10H11F3N2O/c1-14-9(15-2)7-3-5-8(6-4-7)16-10(11,12)13/h3-6H,1-2H3,(H,14,15). The minimum Gasteiger partial charge on any atom is -0.406 e. The molecule has 0 saturated heterocycles. The Labute approximate surface area is 90.9 Å². The Kier molecular flexibility index (Phi) is 3.76. The van der Waals surface area contributed by atoms with Gasteiger partial charge in [-0.1, -0.05) is 0 Å². The van der Waals surface area contributed by atoms with Crippen LogP contribution < -0.4 is 10.1 Å². The first-order valence-electron chi connectivity index (χ1n) is 4.47.